The van der Waals surface area contributed by atoms with E-state index in [4.69, 9.17) is 5.26 Å². The van der Waals surface area contributed by atoms with Crippen LogP contribution in [-0.4, -0.2) is 36.1 Å². The maximum absolute atomic E-state index is 8.94. The standard InChI is InChI=1S/C23H24N6/c1-17-4-3-5-21(14-17)28-10-12-29(13-11-28)23-15-22(25-18(2)26-23)27-20-8-6-19(16-24)7-9-20/h3-9,14-15H,10-13H2,1-2H3,(H,25,26,27). The lowest BCUT2D eigenvalue weighted by molar-refractivity contribution is 0.646. The number of aromatic nitrogens is 2. The van der Waals surface area contributed by atoms with Crippen LogP contribution >= 0.6 is 0 Å². The van der Waals surface area contributed by atoms with Crippen molar-refractivity contribution >= 4 is 23.0 Å². The van der Waals surface area contributed by atoms with Crippen LogP contribution in [0.2, 0.25) is 0 Å². The van der Waals surface area contributed by atoms with Crippen molar-refractivity contribution in [2.75, 3.05) is 41.3 Å². The Morgan fingerprint density at radius 3 is 2.31 bits per heavy atom. The molecule has 1 aliphatic rings. The number of benzene rings is 2. The number of anilines is 4. The molecule has 0 unspecified atom stereocenters. The van der Waals surface area contributed by atoms with Gasteiger partial charge in [-0.25, -0.2) is 9.97 Å². The van der Waals surface area contributed by atoms with Crippen molar-refractivity contribution in [3.63, 3.8) is 0 Å². The van der Waals surface area contributed by atoms with E-state index in [1.54, 1.807) is 12.1 Å². The summed E-state index contributed by atoms with van der Waals surface area (Å²) in [5, 5.41) is 12.3. The first kappa shape index (κ1) is 18.8. The Kier molecular flexibility index (Phi) is 5.30. The molecular weight excluding hydrogens is 360 g/mol. The molecule has 0 radical (unpaired) electrons. The molecule has 1 aromatic heterocycles. The zero-order chi connectivity index (χ0) is 20.2. The Hall–Kier alpha value is -3.59. The SMILES string of the molecule is Cc1cccc(N2CCN(c3cc(Nc4ccc(C#N)cc4)nc(C)n3)CC2)c1. The monoisotopic (exact) mass is 384 g/mol. The van der Waals surface area contributed by atoms with Crippen LogP contribution in [0.25, 0.3) is 0 Å². The summed E-state index contributed by atoms with van der Waals surface area (Å²) in [4.78, 5) is 13.9. The molecule has 2 aromatic carbocycles. The fraction of sp³-hybridized carbons (Fsp3) is 0.261. The Morgan fingerprint density at radius 2 is 1.62 bits per heavy atom. The molecule has 0 aliphatic carbocycles. The van der Waals surface area contributed by atoms with E-state index in [1.165, 1.54) is 11.3 Å². The number of hydrogen-bond donors (Lipinski definition) is 1. The predicted octanol–water partition coefficient (Wildman–Crippen LogP) is 4.04. The van der Waals surface area contributed by atoms with E-state index in [0.29, 0.717) is 5.56 Å². The predicted molar refractivity (Wildman–Crippen MR) is 117 cm³/mol. The van der Waals surface area contributed by atoms with Gasteiger partial charge < -0.3 is 15.1 Å². The average Bonchev–Trinajstić information content (AvgIpc) is 2.74. The van der Waals surface area contributed by atoms with Gasteiger partial charge in [-0.1, -0.05) is 12.1 Å². The summed E-state index contributed by atoms with van der Waals surface area (Å²) in [7, 11) is 0. The summed E-state index contributed by atoms with van der Waals surface area (Å²) in [6.07, 6.45) is 0. The summed E-state index contributed by atoms with van der Waals surface area (Å²) >= 11 is 0. The van der Waals surface area contributed by atoms with Crippen LogP contribution in [0, 0.1) is 25.2 Å². The topological polar surface area (TPSA) is 68.1 Å². The van der Waals surface area contributed by atoms with E-state index in [2.05, 4.69) is 62.3 Å². The van der Waals surface area contributed by atoms with Crippen LogP contribution in [-0.2, 0) is 0 Å². The van der Waals surface area contributed by atoms with Gasteiger partial charge in [0.15, 0.2) is 0 Å². The molecule has 0 spiro atoms. The highest BCUT2D eigenvalue weighted by molar-refractivity contribution is 5.61. The fourth-order valence-electron chi connectivity index (χ4n) is 3.57. The highest BCUT2D eigenvalue weighted by atomic mass is 15.3. The van der Waals surface area contributed by atoms with Gasteiger partial charge in [0.1, 0.15) is 17.5 Å². The maximum atomic E-state index is 8.94. The van der Waals surface area contributed by atoms with Crippen molar-refractivity contribution in [2.24, 2.45) is 0 Å². The summed E-state index contributed by atoms with van der Waals surface area (Å²) in [6, 6.07) is 20.2. The Morgan fingerprint density at radius 1 is 0.897 bits per heavy atom. The number of rotatable bonds is 4. The van der Waals surface area contributed by atoms with Gasteiger partial charge >= 0.3 is 0 Å². The molecule has 29 heavy (non-hydrogen) atoms. The molecule has 1 fully saturated rings. The minimum Gasteiger partial charge on any atom is -0.368 e. The summed E-state index contributed by atoms with van der Waals surface area (Å²) in [5.41, 5.74) is 4.11. The van der Waals surface area contributed by atoms with Gasteiger partial charge in [0.25, 0.3) is 0 Å². The highest BCUT2D eigenvalue weighted by Gasteiger charge is 2.19. The largest absolute Gasteiger partial charge is 0.368 e. The first-order chi connectivity index (χ1) is 14.1. The van der Waals surface area contributed by atoms with E-state index in [9.17, 15) is 0 Å². The number of aryl methyl sites for hydroxylation is 2. The van der Waals surface area contributed by atoms with Crippen molar-refractivity contribution in [2.45, 2.75) is 13.8 Å². The molecule has 1 aliphatic heterocycles. The van der Waals surface area contributed by atoms with E-state index in [1.807, 2.05) is 25.1 Å². The third kappa shape index (κ3) is 4.46. The second-order valence-electron chi connectivity index (χ2n) is 7.29. The second-order valence-corrected chi connectivity index (χ2v) is 7.29. The summed E-state index contributed by atoms with van der Waals surface area (Å²) < 4.78 is 0. The first-order valence-electron chi connectivity index (χ1n) is 9.80. The molecule has 1 N–H and O–H groups in total. The Bertz CT molecular complexity index is 1030. The zero-order valence-corrected chi connectivity index (χ0v) is 16.8. The number of nitriles is 1. The quantitative estimate of drug-likeness (QED) is 0.732. The molecule has 0 atom stereocenters. The minimum absolute atomic E-state index is 0.640. The van der Waals surface area contributed by atoms with Crippen molar-refractivity contribution in [1.82, 2.24) is 9.97 Å². The van der Waals surface area contributed by atoms with E-state index < -0.39 is 0 Å². The van der Waals surface area contributed by atoms with Gasteiger partial charge in [0, 0.05) is 43.6 Å². The maximum Gasteiger partial charge on any atom is 0.136 e. The molecule has 6 nitrogen and oxygen atoms in total. The number of nitrogens with one attached hydrogen (secondary N) is 1. The third-order valence-electron chi connectivity index (χ3n) is 5.08. The van der Waals surface area contributed by atoms with Gasteiger partial charge in [-0.05, 0) is 55.8 Å². The lowest BCUT2D eigenvalue weighted by Crippen LogP contribution is -2.47. The molecule has 2 heterocycles. The van der Waals surface area contributed by atoms with Crippen molar-refractivity contribution in [3.05, 3.63) is 71.5 Å². The van der Waals surface area contributed by atoms with Crippen LogP contribution < -0.4 is 15.1 Å². The molecule has 6 heteroatoms. The number of nitrogens with zero attached hydrogens (tertiary/aromatic N) is 5. The first-order valence-corrected chi connectivity index (χ1v) is 9.80. The van der Waals surface area contributed by atoms with Gasteiger partial charge in [-0.15, -0.1) is 0 Å². The molecule has 3 aromatic rings. The minimum atomic E-state index is 0.640. The molecule has 4 rings (SSSR count). The van der Waals surface area contributed by atoms with E-state index in [-0.39, 0.29) is 0 Å². The average molecular weight is 384 g/mol. The summed E-state index contributed by atoms with van der Waals surface area (Å²) in [6.45, 7) is 7.80. The van der Waals surface area contributed by atoms with Gasteiger partial charge in [0.05, 0.1) is 11.6 Å². The lowest BCUT2D eigenvalue weighted by Gasteiger charge is -2.37. The van der Waals surface area contributed by atoms with Gasteiger partial charge in [-0.3, -0.25) is 0 Å². The highest BCUT2D eigenvalue weighted by Crippen LogP contribution is 2.23. The molecule has 0 amide bonds. The molecule has 1 saturated heterocycles. The molecule has 0 bridgehead atoms. The van der Waals surface area contributed by atoms with Crippen molar-refractivity contribution in [3.8, 4) is 6.07 Å². The second kappa shape index (κ2) is 8.19. The van der Waals surface area contributed by atoms with Crippen LogP contribution in [0.5, 0.6) is 0 Å². The van der Waals surface area contributed by atoms with E-state index >= 15 is 0 Å². The zero-order valence-electron chi connectivity index (χ0n) is 16.8. The number of piperazine rings is 1. The molecular formula is C23H24N6. The molecule has 0 saturated carbocycles. The van der Waals surface area contributed by atoms with Crippen LogP contribution in [0.3, 0.4) is 0 Å². The molecule has 146 valence electrons. The van der Waals surface area contributed by atoms with Crippen LogP contribution in [0.15, 0.2) is 54.6 Å². The smallest absolute Gasteiger partial charge is 0.136 e. The van der Waals surface area contributed by atoms with Crippen LogP contribution in [0.1, 0.15) is 17.0 Å². The Labute approximate surface area is 171 Å². The van der Waals surface area contributed by atoms with E-state index in [0.717, 1.165) is 49.3 Å². The van der Waals surface area contributed by atoms with Gasteiger partial charge in [-0.2, -0.15) is 5.26 Å². The summed E-state index contributed by atoms with van der Waals surface area (Å²) in [5.74, 6) is 2.44. The van der Waals surface area contributed by atoms with Crippen molar-refractivity contribution in [1.29, 1.82) is 5.26 Å². The van der Waals surface area contributed by atoms with Gasteiger partial charge in [0.2, 0.25) is 0 Å². The van der Waals surface area contributed by atoms with Crippen molar-refractivity contribution < 1.29 is 0 Å². The lowest BCUT2D eigenvalue weighted by atomic mass is 10.2. The third-order valence-corrected chi connectivity index (χ3v) is 5.08. The number of hydrogen-bond acceptors (Lipinski definition) is 6. The Balaban J connectivity index is 1.46. The van der Waals surface area contributed by atoms with Crippen LogP contribution in [0.4, 0.5) is 23.0 Å². The normalized spacial score (nSPS) is 13.8. The fourth-order valence-corrected chi connectivity index (χ4v) is 3.57.